The molecule has 1 fully saturated rings. The molecule has 1 heterocycles. The maximum atomic E-state index is 11.7. The van der Waals surface area contributed by atoms with E-state index in [4.69, 9.17) is 23.7 Å². The molecule has 1 amide bonds. The van der Waals surface area contributed by atoms with Gasteiger partial charge in [-0.15, -0.1) is 0 Å². The van der Waals surface area contributed by atoms with Gasteiger partial charge in [0, 0.05) is 33.1 Å². The molecule has 14 nitrogen and oxygen atoms in total. The summed E-state index contributed by atoms with van der Waals surface area (Å²) in [6.45, 7) is 2.36. The summed E-state index contributed by atoms with van der Waals surface area (Å²) in [5.41, 5.74) is 0. The summed E-state index contributed by atoms with van der Waals surface area (Å²) in [4.78, 5) is 46.1. The van der Waals surface area contributed by atoms with Gasteiger partial charge in [0.15, 0.2) is 24.6 Å². The molecule has 16 heteroatoms. The van der Waals surface area contributed by atoms with Crippen molar-refractivity contribution in [2.75, 3.05) is 18.9 Å². The van der Waals surface area contributed by atoms with Crippen LogP contribution >= 0.6 is 0 Å². The van der Waals surface area contributed by atoms with Crippen LogP contribution in [-0.2, 0) is 48.2 Å². The molecule has 1 aliphatic heterocycles. The van der Waals surface area contributed by atoms with Gasteiger partial charge in [-0.1, -0.05) is 0 Å². The summed E-state index contributed by atoms with van der Waals surface area (Å²) in [5, 5.41) is 12.4. The summed E-state index contributed by atoms with van der Waals surface area (Å²) in [7, 11) is -4.42. The van der Waals surface area contributed by atoms with E-state index in [-0.39, 0.29) is 42.5 Å². The van der Waals surface area contributed by atoms with Gasteiger partial charge in [0.25, 0.3) is 0 Å². The molecule has 5 atom stereocenters. The number of rotatable bonds is 9. The average Bonchev–Trinajstić information content (AvgIpc) is 2.61. The summed E-state index contributed by atoms with van der Waals surface area (Å²) in [5.74, 6) is -3.17. The van der Waals surface area contributed by atoms with E-state index in [1.165, 1.54) is 0 Å². The van der Waals surface area contributed by atoms with Gasteiger partial charge < -0.3 is 38.7 Å². The van der Waals surface area contributed by atoms with Crippen LogP contribution in [0, 0.1) is 0 Å². The molecule has 1 unspecified atom stereocenters. The van der Waals surface area contributed by atoms with Crippen molar-refractivity contribution in [1.82, 2.24) is 5.32 Å². The first-order chi connectivity index (χ1) is 14.3. The Kier molecular flexibility index (Phi) is 13.3. The Bertz CT molecular complexity index is 774. The third kappa shape index (κ3) is 11.4. The third-order valence-corrected chi connectivity index (χ3v) is 4.52. The van der Waals surface area contributed by atoms with E-state index in [1.807, 2.05) is 0 Å². The molecular weight excluding hydrogens is 469 g/mol. The van der Waals surface area contributed by atoms with E-state index < -0.39 is 77.2 Å². The zero-order valence-electron chi connectivity index (χ0n) is 18.0. The van der Waals surface area contributed by atoms with Crippen LogP contribution in [0.4, 0.5) is 4.79 Å². The molecule has 0 aliphatic carbocycles. The van der Waals surface area contributed by atoms with Crippen LogP contribution in [0.25, 0.3) is 0 Å². The minimum absolute atomic E-state index is 0. The van der Waals surface area contributed by atoms with Crippen molar-refractivity contribution in [3.8, 4) is 0 Å². The summed E-state index contributed by atoms with van der Waals surface area (Å²) in [6.07, 6.45) is -8.69. The predicted molar refractivity (Wildman–Crippen MR) is 96.1 cm³/mol. The fraction of sp³-hybridized carbons (Fsp3) is 0.750. The van der Waals surface area contributed by atoms with Gasteiger partial charge in [0.1, 0.15) is 12.7 Å². The molecule has 0 saturated carbocycles. The van der Waals surface area contributed by atoms with Crippen LogP contribution in [0.5, 0.6) is 0 Å². The van der Waals surface area contributed by atoms with Gasteiger partial charge in [-0.3, -0.25) is 14.4 Å². The molecule has 0 spiro atoms. The molecule has 2 N–H and O–H groups in total. The fourth-order valence-electron chi connectivity index (χ4n) is 2.65. The molecule has 1 rings (SSSR count). The number of amides is 1. The van der Waals surface area contributed by atoms with Crippen LogP contribution in [0.2, 0.25) is 0 Å². The number of esters is 3. The zero-order chi connectivity index (χ0) is 23.8. The van der Waals surface area contributed by atoms with Gasteiger partial charge in [-0.25, -0.2) is 13.2 Å². The first-order valence-corrected chi connectivity index (χ1v) is 10.6. The predicted octanol–water partition coefficient (Wildman–Crippen LogP) is -4.84. The Morgan fingerprint density at radius 3 is 1.97 bits per heavy atom. The van der Waals surface area contributed by atoms with E-state index in [0.717, 1.165) is 20.8 Å². The molecule has 32 heavy (non-hydrogen) atoms. The Morgan fingerprint density at radius 2 is 1.47 bits per heavy atom. The average molecular weight is 493 g/mol. The number of hydrogen-bond acceptors (Lipinski definition) is 13. The summed E-state index contributed by atoms with van der Waals surface area (Å²) < 4.78 is 56.7. The van der Waals surface area contributed by atoms with Gasteiger partial charge in [-0.05, 0) is 6.42 Å². The quantitative estimate of drug-likeness (QED) is 0.102. The van der Waals surface area contributed by atoms with Gasteiger partial charge >= 0.3 is 53.6 Å². The normalized spacial score (nSPS) is 25.0. The maximum Gasteiger partial charge on any atom is 1.00 e. The van der Waals surface area contributed by atoms with Crippen LogP contribution in [-0.4, -0.2) is 91.7 Å². The number of alkyl carbamates (subject to hydrolysis) is 1. The van der Waals surface area contributed by atoms with Crippen molar-refractivity contribution in [1.29, 1.82) is 0 Å². The minimum atomic E-state index is -4.42. The molecule has 1 saturated heterocycles. The number of aliphatic hydroxyl groups excluding tert-OH is 1. The zero-order valence-corrected chi connectivity index (χ0v) is 20.8. The minimum Gasteiger partial charge on any atom is -0.748 e. The maximum absolute atomic E-state index is 11.7. The molecule has 0 aromatic heterocycles. The van der Waals surface area contributed by atoms with E-state index in [9.17, 15) is 37.3 Å². The topological polar surface area (TPSA) is 204 Å². The number of carbonyl (C=O) groups excluding carboxylic acids is 4. The number of ether oxygens (including phenoxy) is 5. The van der Waals surface area contributed by atoms with E-state index in [0.29, 0.717) is 0 Å². The van der Waals surface area contributed by atoms with Crippen molar-refractivity contribution < 1.29 is 90.5 Å². The number of nitrogens with one attached hydrogen (secondary N) is 1. The molecule has 0 aromatic rings. The van der Waals surface area contributed by atoms with E-state index in [1.54, 1.807) is 0 Å². The smallest absolute Gasteiger partial charge is 0.748 e. The van der Waals surface area contributed by atoms with Crippen molar-refractivity contribution in [3.63, 3.8) is 0 Å². The van der Waals surface area contributed by atoms with Gasteiger partial charge in [0.2, 0.25) is 0 Å². The Labute approximate surface area is 206 Å². The molecule has 0 bridgehead atoms. The summed E-state index contributed by atoms with van der Waals surface area (Å²) >= 11 is 0. The van der Waals surface area contributed by atoms with Crippen molar-refractivity contribution in [2.45, 2.75) is 57.9 Å². The monoisotopic (exact) mass is 493 g/mol. The largest absolute Gasteiger partial charge is 1.00 e. The molecular formula is C16H24NNaO13S. The second-order valence-corrected chi connectivity index (χ2v) is 7.95. The Balaban J connectivity index is 0.00000961. The van der Waals surface area contributed by atoms with Crippen LogP contribution < -0.4 is 34.9 Å². The van der Waals surface area contributed by atoms with Crippen LogP contribution in [0.3, 0.4) is 0 Å². The first-order valence-electron chi connectivity index (χ1n) is 8.99. The van der Waals surface area contributed by atoms with Crippen molar-refractivity contribution >= 4 is 34.1 Å². The first kappa shape index (κ1) is 30.5. The standard InChI is InChI=1S/C16H25NO13S.Na/c1-8(18)27-12-11(7-26-16(22)17-5-4-6-31(23,24)25)30-15(21)14(29-10(3)20)13(12)28-9(2)19;/h11-15,21H,4-7H2,1-3H3,(H,17,22)(H,23,24,25);/q;+1/p-1/t11-,12-,13+,14-,15?;/m1./s1. The summed E-state index contributed by atoms with van der Waals surface area (Å²) in [6, 6.07) is 0. The van der Waals surface area contributed by atoms with E-state index >= 15 is 0 Å². The number of carbonyl (C=O) groups is 4. The second kappa shape index (κ2) is 13.9. The van der Waals surface area contributed by atoms with Crippen LogP contribution in [0.1, 0.15) is 27.2 Å². The van der Waals surface area contributed by atoms with Crippen molar-refractivity contribution in [3.05, 3.63) is 0 Å². The molecule has 0 radical (unpaired) electrons. The molecule has 178 valence electrons. The molecule has 0 aromatic carbocycles. The van der Waals surface area contributed by atoms with Crippen molar-refractivity contribution in [2.24, 2.45) is 0 Å². The van der Waals surface area contributed by atoms with Gasteiger partial charge in [-0.2, -0.15) is 0 Å². The number of hydrogen-bond donors (Lipinski definition) is 2. The molecule has 1 aliphatic rings. The Morgan fingerprint density at radius 1 is 0.969 bits per heavy atom. The second-order valence-electron chi connectivity index (χ2n) is 6.43. The van der Waals surface area contributed by atoms with Crippen LogP contribution in [0.15, 0.2) is 0 Å². The third-order valence-electron chi connectivity index (χ3n) is 3.73. The fourth-order valence-corrected chi connectivity index (χ4v) is 3.15. The Hall–Kier alpha value is -1.49. The van der Waals surface area contributed by atoms with Gasteiger partial charge in [0.05, 0.1) is 10.1 Å². The SMILES string of the molecule is CC(=O)O[C@H]1[C@H](OC(C)=O)[C@@H](OC(C)=O)C(O)O[C@@H]1COC(=O)NCCCS(=O)(=O)[O-].[Na+]. The van der Waals surface area contributed by atoms with E-state index in [2.05, 4.69) is 5.32 Å². The number of aliphatic hydroxyl groups is 1.